The number of nitrogens with zero attached hydrogens (tertiary/aromatic N) is 2. The van der Waals surface area contributed by atoms with E-state index in [0.29, 0.717) is 30.1 Å². The number of anilines is 1. The molecule has 0 bridgehead atoms. The highest BCUT2D eigenvalue weighted by molar-refractivity contribution is 7.92. The van der Waals surface area contributed by atoms with Gasteiger partial charge in [-0.2, -0.15) is 0 Å². The van der Waals surface area contributed by atoms with Gasteiger partial charge in [-0.1, -0.05) is 61.3 Å². The van der Waals surface area contributed by atoms with Crippen LogP contribution in [0.1, 0.15) is 63.1 Å². The second-order valence-electron chi connectivity index (χ2n) is 9.62. The summed E-state index contributed by atoms with van der Waals surface area (Å²) in [7, 11) is -3.59. The second-order valence-corrected chi connectivity index (χ2v) is 12.0. The average molecular weight is 550 g/mol. The smallest absolute Gasteiger partial charge is 0.243 e. The molecule has 0 fully saturated rings. The van der Waals surface area contributed by atoms with E-state index in [1.54, 1.807) is 23.1 Å². The van der Waals surface area contributed by atoms with E-state index in [-0.39, 0.29) is 30.8 Å². The monoisotopic (exact) mass is 549 g/mol. The first kappa shape index (κ1) is 30.6. The Morgan fingerprint density at radius 1 is 1.03 bits per heavy atom. The molecule has 2 rings (SSSR count). The summed E-state index contributed by atoms with van der Waals surface area (Å²) in [6, 6.07) is 12.4. The number of halogens is 1. The van der Waals surface area contributed by atoms with Crippen molar-refractivity contribution in [1.82, 2.24) is 10.2 Å². The van der Waals surface area contributed by atoms with E-state index < -0.39 is 16.1 Å². The molecule has 7 nitrogen and oxygen atoms in total. The first-order valence-corrected chi connectivity index (χ1v) is 15.0. The number of rotatable bonds is 13. The zero-order valence-corrected chi connectivity index (χ0v) is 24.3. The van der Waals surface area contributed by atoms with Crippen LogP contribution in [0.5, 0.6) is 0 Å². The van der Waals surface area contributed by atoms with Crippen LogP contribution in [0, 0.1) is 13.8 Å². The summed E-state index contributed by atoms with van der Waals surface area (Å²) < 4.78 is 26.5. The zero-order chi connectivity index (χ0) is 27.8. The lowest BCUT2D eigenvalue weighted by atomic mass is 10.1. The Kier molecular flexibility index (Phi) is 11.4. The maximum atomic E-state index is 13.5. The molecule has 0 spiro atoms. The molecule has 2 aromatic carbocycles. The van der Waals surface area contributed by atoms with Gasteiger partial charge in [-0.25, -0.2) is 8.42 Å². The maximum Gasteiger partial charge on any atom is 0.243 e. The van der Waals surface area contributed by atoms with Crippen molar-refractivity contribution in [2.45, 2.75) is 78.9 Å². The van der Waals surface area contributed by atoms with Gasteiger partial charge < -0.3 is 10.2 Å². The molecule has 37 heavy (non-hydrogen) atoms. The third kappa shape index (κ3) is 9.04. The molecule has 0 aliphatic rings. The highest BCUT2D eigenvalue weighted by Crippen LogP contribution is 2.27. The number of carbonyl (C=O) groups excluding carboxylic acids is 2. The molecule has 0 aliphatic carbocycles. The Hall–Kier alpha value is -2.58. The van der Waals surface area contributed by atoms with E-state index in [4.69, 9.17) is 11.6 Å². The number of benzene rings is 2. The van der Waals surface area contributed by atoms with Crippen molar-refractivity contribution >= 4 is 39.1 Å². The van der Waals surface area contributed by atoms with E-state index in [1.807, 2.05) is 58.9 Å². The van der Waals surface area contributed by atoms with Crippen molar-refractivity contribution in [2.24, 2.45) is 0 Å². The van der Waals surface area contributed by atoms with Crippen molar-refractivity contribution in [3.8, 4) is 0 Å². The van der Waals surface area contributed by atoms with Crippen LogP contribution in [-0.2, 0) is 26.2 Å². The fraction of sp³-hybridized carbons (Fsp3) is 0.500. The number of sulfonamides is 1. The summed E-state index contributed by atoms with van der Waals surface area (Å²) in [5, 5.41) is 3.44. The average Bonchev–Trinajstić information content (AvgIpc) is 2.83. The first-order chi connectivity index (χ1) is 17.4. The van der Waals surface area contributed by atoms with Crippen molar-refractivity contribution in [1.29, 1.82) is 0 Å². The normalized spacial score (nSPS) is 13.1. The number of amides is 2. The Labute approximate surface area is 227 Å². The van der Waals surface area contributed by atoms with Gasteiger partial charge in [0, 0.05) is 30.6 Å². The molecule has 204 valence electrons. The summed E-state index contributed by atoms with van der Waals surface area (Å²) in [6.07, 6.45) is 2.80. The van der Waals surface area contributed by atoms with Gasteiger partial charge in [0.1, 0.15) is 6.04 Å². The van der Waals surface area contributed by atoms with Gasteiger partial charge in [-0.05, 0) is 63.3 Å². The molecule has 0 saturated heterocycles. The van der Waals surface area contributed by atoms with Crippen LogP contribution in [0.2, 0.25) is 5.02 Å². The fourth-order valence-electron chi connectivity index (χ4n) is 4.08. The zero-order valence-electron chi connectivity index (χ0n) is 22.8. The van der Waals surface area contributed by atoms with Gasteiger partial charge in [-0.3, -0.25) is 13.9 Å². The van der Waals surface area contributed by atoms with E-state index >= 15 is 0 Å². The predicted molar refractivity (Wildman–Crippen MR) is 151 cm³/mol. The van der Waals surface area contributed by atoms with Crippen LogP contribution in [0.15, 0.2) is 42.5 Å². The Balaban J connectivity index is 2.25. The molecule has 2 amide bonds. The molecular weight excluding hydrogens is 510 g/mol. The van der Waals surface area contributed by atoms with Gasteiger partial charge >= 0.3 is 0 Å². The van der Waals surface area contributed by atoms with Crippen molar-refractivity contribution in [2.75, 3.05) is 17.1 Å². The van der Waals surface area contributed by atoms with Gasteiger partial charge in [-0.15, -0.1) is 0 Å². The van der Waals surface area contributed by atoms with Crippen LogP contribution in [0.4, 0.5) is 5.69 Å². The van der Waals surface area contributed by atoms with Crippen LogP contribution in [0.25, 0.3) is 0 Å². The van der Waals surface area contributed by atoms with E-state index in [9.17, 15) is 18.0 Å². The quantitative estimate of drug-likeness (QED) is 0.371. The van der Waals surface area contributed by atoms with Crippen LogP contribution in [0.3, 0.4) is 0 Å². The molecule has 2 aromatic rings. The number of hydrogen-bond donors (Lipinski definition) is 1. The Bertz CT molecular complexity index is 1170. The summed E-state index contributed by atoms with van der Waals surface area (Å²) in [5.74, 6) is -0.368. The third-order valence-corrected chi connectivity index (χ3v) is 7.87. The Morgan fingerprint density at radius 3 is 2.24 bits per heavy atom. The highest BCUT2D eigenvalue weighted by atomic mass is 35.5. The summed E-state index contributed by atoms with van der Waals surface area (Å²) in [6.45, 7) is 10.1. The minimum Gasteiger partial charge on any atom is -0.352 e. The highest BCUT2D eigenvalue weighted by Gasteiger charge is 2.29. The van der Waals surface area contributed by atoms with Gasteiger partial charge in [0.05, 0.1) is 11.9 Å². The standard InChI is InChI=1S/C28H40ClN3O4S/c1-7-22(5)30-28(34)25(8-2)31(19-23-14-11-20(3)12-15-23)27(33)10-9-17-32(37(6,35)36)26-18-24(29)16-13-21(26)4/h11-16,18,22,25H,7-10,17,19H2,1-6H3,(H,30,34)/t22-,25-/m0/s1. The summed E-state index contributed by atoms with van der Waals surface area (Å²) in [4.78, 5) is 28.2. The predicted octanol–water partition coefficient (Wildman–Crippen LogP) is 5.23. The lowest BCUT2D eigenvalue weighted by molar-refractivity contribution is -0.141. The molecule has 2 atom stereocenters. The molecule has 0 heterocycles. The largest absolute Gasteiger partial charge is 0.352 e. The molecule has 0 radical (unpaired) electrons. The number of hydrogen-bond acceptors (Lipinski definition) is 4. The van der Waals surface area contributed by atoms with Crippen LogP contribution in [-0.4, -0.2) is 50.0 Å². The molecule has 0 unspecified atom stereocenters. The van der Waals surface area contributed by atoms with Gasteiger partial charge in [0.15, 0.2) is 0 Å². The molecule has 0 aliphatic heterocycles. The third-order valence-electron chi connectivity index (χ3n) is 6.45. The number of carbonyl (C=O) groups is 2. The summed E-state index contributed by atoms with van der Waals surface area (Å²) >= 11 is 6.13. The maximum absolute atomic E-state index is 13.5. The minimum absolute atomic E-state index is 0.00197. The molecule has 0 aromatic heterocycles. The SMILES string of the molecule is CC[C@H](C)NC(=O)[C@H](CC)N(Cc1ccc(C)cc1)C(=O)CCCN(c1cc(Cl)ccc1C)S(C)(=O)=O. The van der Waals surface area contributed by atoms with E-state index in [1.165, 1.54) is 4.31 Å². The number of nitrogens with one attached hydrogen (secondary N) is 1. The minimum atomic E-state index is -3.59. The van der Waals surface area contributed by atoms with Crippen LogP contribution < -0.4 is 9.62 Å². The summed E-state index contributed by atoms with van der Waals surface area (Å²) in [5.41, 5.74) is 3.31. The lowest BCUT2D eigenvalue weighted by Gasteiger charge is -2.32. The molecule has 0 saturated carbocycles. The molecule has 9 heteroatoms. The van der Waals surface area contributed by atoms with Crippen LogP contribution >= 0.6 is 11.6 Å². The van der Waals surface area contributed by atoms with Gasteiger partial charge in [0.2, 0.25) is 21.8 Å². The fourth-order valence-corrected chi connectivity index (χ4v) is 5.27. The molecular formula is C28H40ClN3O4S. The van der Waals surface area contributed by atoms with E-state index in [0.717, 1.165) is 29.4 Å². The first-order valence-electron chi connectivity index (χ1n) is 12.8. The van der Waals surface area contributed by atoms with E-state index in [2.05, 4.69) is 5.32 Å². The van der Waals surface area contributed by atoms with Crippen molar-refractivity contribution in [3.05, 3.63) is 64.2 Å². The second kappa shape index (κ2) is 13.8. The van der Waals surface area contributed by atoms with Crippen molar-refractivity contribution in [3.63, 3.8) is 0 Å². The molecule has 1 N–H and O–H groups in total. The van der Waals surface area contributed by atoms with Gasteiger partial charge in [0.25, 0.3) is 0 Å². The topological polar surface area (TPSA) is 86.8 Å². The number of aryl methyl sites for hydroxylation is 2. The van der Waals surface area contributed by atoms with Crippen molar-refractivity contribution < 1.29 is 18.0 Å². The lowest BCUT2D eigenvalue weighted by Crippen LogP contribution is -2.50. The Morgan fingerprint density at radius 2 is 1.68 bits per heavy atom.